The Balaban J connectivity index is 1.72. The molecule has 32 heavy (non-hydrogen) atoms. The summed E-state index contributed by atoms with van der Waals surface area (Å²) in [5.74, 6) is 0.654. The van der Waals surface area contributed by atoms with Crippen LogP contribution in [-0.2, 0) is 19.4 Å². The smallest absolute Gasteiger partial charge is 0.193 e. The van der Waals surface area contributed by atoms with Gasteiger partial charge in [0.2, 0.25) is 5.69 Å². The number of hydrogen-bond donors (Lipinski definition) is 0. The molecular weight excluding hydrogens is 386 g/mol. The van der Waals surface area contributed by atoms with Crippen molar-refractivity contribution in [2.24, 2.45) is 11.3 Å². The molecule has 160 valence electrons. The monoisotopic (exact) mass is 418 g/mol. The fraction of sp³-hybridized carbons (Fsp3) is 0.323. The van der Waals surface area contributed by atoms with Crippen LogP contribution in [0.3, 0.4) is 0 Å². The topological polar surface area (TPSA) is 3.88 Å². The Morgan fingerprint density at radius 2 is 1.56 bits per heavy atom. The summed E-state index contributed by atoms with van der Waals surface area (Å²) in [5, 5.41) is 2.79. The number of nitrogens with zero attached hydrogens (tertiary/aromatic N) is 1. The lowest BCUT2D eigenvalue weighted by Crippen LogP contribution is -2.31. The van der Waals surface area contributed by atoms with Gasteiger partial charge in [-0.1, -0.05) is 77.1 Å². The third-order valence-corrected chi connectivity index (χ3v) is 6.93. The molecule has 0 radical (unpaired) electrons. The average molecular weight is 419 g/mol. The Morgan fingerprint density at radius 1 is 0.844 bits per heavy atom. The SMILES string of the molecule is CC(C)Cc1cc2c3c(c1)-c1ccccc1-c1cc(CC(C)(C)C)cc4cc[n+](c-3c14)C2. The van der Waals surface area contributed by atoms with E-state index in [0.717, 1.165) is 19.4 Å². The summed E-state index contributed by atoms with van der Waals surface area (Å²) in [6, 6.07) is 21.3. The zero-order valence-corrected chi connectivity index (χ0v) is 19.9. The fourth-order valence-electron chi connectivity index (χ4n) is 5.95. The van der Waals surface area contributed by atoms with Crippen LogP contribution < -0.4 is 4.57 Å². The van der Waals surface area contributed by atoms with Crippen LogP contribution >= 0.6 is 0 Å². The van der Waals surface area contributed by atoms with E-state index >= 15 is 0 Å². The number of benzene rings is 3. The van der Waals surface area contributed by atoms with E-state index in [1.54, 1.807) is 0 Å². The maximum Gasteiger partial charge on any atom is 0.222 e. The second-order valence-corrected chi connectivity index (χ2v) is 11.5. The normalized spacial score (nSPS) is 13.6. The van der Waals surface area contributed by atoms with E-state index in [-0.39, 0.29) is 5.41 Å². The minimum atomic E-state index is 0.262. The molecule has 3 aromatic carbocycles. The summed E-state index contributed by atoms with van der Waals surface area (Å²) < 4.78 is 2.48. The molecule has 0 N–H and O–H groups in total. The van der Waals surface area contributed by atoms with E-state index in [0.29, 0.717) is 5.92 Å². The average Bonchev–Trinajstić information content (AvgIpc) is 3.03. The first-order valence-electron chi connectivity index (χ1n) is 12.0. The third kappa shape index (κ3) is 3.02. The quantitative estimate of drug-likeness (QED) is 0.261. The second kappa shape index (κ2) is 6.78. The molecule has 1 aliphatic carbocycles. The van der Waals surface area contributed by atoms with Gasteiger partial charge in [0.15, 0.2) is 12.7 Å². The highest BCUT2D eigenvalue weighted by Crippen LogP contribution is 2.50. The minimum Gasteiger partial charge on any atom is -0.193 e. The summed E-state index contributed by atoms with van der Waals surface area (Å²) >= 11 is 0. The van der Waals surface area contributed by atoms with Crippen LogP contribution in [0.1, 0.15) is 51.3 Å². The predicted molar refractivity (Wildman–Crippen MR) is 135 cm³/mol. The van der Waals surface area contributed by atoms with Crippen molar-refractivity contribution in [2.45, 2.75) is 54.0 Å². The van der Waals surface area contributed by atoms with Crippen molar-refractivity contribution in [3.8, 4) is 33.5 Å². The van der Waals surface area contributed by atoms with Gasteiger partial charge in [0.1, 0.15) is 0 Å². The van der Waals surface area contributed by atoms with E-state index in [4.69, 9.17) is 0 Å². The van der Waals surface area contributed by atoms with Gasteiger partial charge in [-0.25, -0.2) is 0 Å². The fourth-order valence-corrected chi connectivity index (χ4v) is 5.95. The van der Waals surface area contributed by atoms with Crippen LogP contribution in [0.5, 0.6) is 0 Å². The molecule has 0 unspecified atom stereocenters. The molecule has 0 spiro atoms. The molecule has 1 aromatic heterocycles. The summed E-state index contributed by atoms with van der Waals surface area (Å²) in [5.41, 5.74) is 13.1. The molecule has 2 heterocycles. The van der Waals surface area contributed by atoms with E-state index < -0.39 is 0 Å². The standard InChI is InChI=1S/C31H32N/c1-19(2)12-20-13-23-18-32-11-10-22-14-21(17-31(3,4)5)16-27-25-9-7-6-8-24(25)26(15-20)29(23)30(32)28(22)27/h6-11,13-16,19H,12,17-18H2,1-5H3/q+1. The molecule has 0 fully saturated rings. The van der Waals surface area contributed by atoms with Crippen LogP contribution in [0, 0.1) is 11.3 Å². The maximum atomic E-state index is 2.48. The van der Waals surface area contributed by atoms with Crippen LogP contribution in [0.15, 0.2) is 60.8 Å². The van der Waals surface area contributed by atoms with E-state index in [1.807, 2.05) is 0 Å². The van der Waals surface area contributed by atoms with Gasteiger partial charge in [-0.15, -0.1) is 0 Å². The maximum absolute atomic E-state index is 2.48. The van der Waals surface area contributed by atoms with Crippen molar-refractivity contribution < 1.29 is 4.57 Å². The zero-order chi connectivity index (χ0) is 22.2. The molecule has 1 heteroatoms. The first kappa shape index (κ1) is 19.7. The van der Waals surface area contributed by atoms with Gasteiger partial charge < -0.3 is 0 Å². The highest BCUT2D eigenvalue weighted by Gasteiger charge is 2.36. The highest BCUT2D eigenvalue weighted by atomic mass is 15.0. The van der Waals surface area contributed by atoms with Gasteiger partial charge in [-0.2, -0.15) is 4.57 Å². The lowest BCUT2D eigenvalue weighted by Gasteiger charge is -2.20. The highest BCUT2D eigenvalue weighted by molar-refractivity contribution is 6.12. The molecule has 0 atom stereocenters. The Bertz CT molecular complexity index is 1400. The van der Waals surface area contributed by atoms with Gasteiger partial charge in [0.25, 0.3) is 0 Å². The Hall–Kier alpha value is -2.93. The van der Waals surface area contributed by atoms with Crippen molar-refractivity contribution in [3.63, 3.8) is 0 Å². The van der Waals surface area contributed by atoms with E-state index in [1.165, 1.54) is 61.0 Å². The number of hydrogen-bond acceptors (Lipinski definition) is 0. The van der Waals surface area contributed by atoms with Crippen LogP contribution in [-0.4, -0.2) is 0 Å². The molecule has 1 aliphatic heterocycles. The molecule has 0 amide bonds. The van der Waals surface area contributed by atoms with Crippen LogP contribution in [0.25, 0.3) is 44.3 Å². The second-order valence-electron chi connectivity index (χ2n) is 11.5. The van der Waals surface area contributed by atoms with Gasteiger partial charge in [-0.05, 0) is 69.0 Å². The minimum absolute atomic E-state index is 0.262. The number of aromatic nitrogens is 1. The summed E-state index contributed by atoms with van der Waals surface area (Å²) in [6.07, 6.45) is 4.52. The van der Waals surface area contributed by atoms with Crippen molar-refractivity contribution in [1.29, 1.82) is 0 Å². The van der Waals surface area contributed by atoms with Crippen molar-refractivity contribution in [2.75, 3.05) is 0 Å². The van der Waals surface area contributed by atoms with Crippen molar-refractivity contribution in [1.82, 2.24) is 0 Å². The van der Waals surface area contributed by atoms with Crippen molar-refractivity contribution >= 4 is 10.8 Å². The first-order valence-corrected chi connectivity index (χ1v) is 12.0. The zero-order valence-electron chi connectivity index (χ0n) is 19.9. The third-order valence-electron chi connectivity index (χ3n) is 6.93. The van der Waals surface area contributed by atoms with Gasteiger partial charge in [-0.3, -0.25) is 0 Å². The Morgan fingerprint density at radius 3 is 2.28 bits per heavy atom. The molecule has 0 bridgehead atoms. The molecule has 2 aliphatic rings. The Labute approximate surface area is 191 Å². The number of pyridine rings is 1. The van der Waals surface area contributed by atoms with Crippen LogP contribution in [0.4, 0.5) is 0 Å². The lowest BCUT2D eigenvalue weighted by atomic mass is 9.85. The molecule has 0 saturated heterocycles. The summed E-state index contributed by atoms with van der Waals surface area (Å²) in [7, 11) is 0. The van der Waals surface area contributed by atoms with Gasteiger partial charge >= 0.3 is 0 Å². The number of fused-ring (bicyclic) bond motifs is 3. The molecule has 4 aromatic rings. The van der Waals surface area contributed by atoms with E-state index in [9.17, 15) is 0 Å². The molecule has 0 saturated carbocycles. The predicted octanol–water partition coefficient (Wildman–Crippen LogP) is 7.59. The molecular formula is C31H32N+. The van der Waals surface area contributed by atoms with Crippen LogP contribution in [0.2, 0.25) is 0 Å². The lowest BCUT2D eigenvalue weighted by molar-refractivity contribution is -0.670. The summed E-state index contributed by atoms with van der Waals surface area (Å²) in [6.45, 7) is 12.6. The van der Waals surface area contributed by atoms with Gasteiger partial charge in [0.05, 0.1) is 10.9 Å². The Kier molecular flexibility index (Phi) is 4.18. The van der Waals surface area contributed by atoms with E-state index in [2.05, 4.69) is 100.0 Å². The number of rotatable bonds is 3. The first-order chi connectivity index (χ1) is 15.3. The largest absolute Gasteiger partial charge is 0.222 e. The van der Waals surface area contributed by atoms with Gasteiger partial charge in [0, 0.05) is 11.6 Å². The molecule has 6 rings (SSSR count). The van der Waals surface area contributed by atoms with Crippen molar-refractivity contribution in [3.05, 3.63) is 77.5 Å². The summed E-state index contributed by atoms with van der Waals surface area (Å²) in [4.78, 5) is 0. The molecule has 1 nitrogen and oxygen atoms in total.